The molecule has 0 bridgehead atoms. The second-order valence-electron chi connectivity index (χ2n) is 7.86. The molecule has 2 heterocycles. The molecule has 0 saturated carbocycles. The van der Waals surface area contributed by atoms with E-state index in [1.54, 1.807) is 16.9 Å². The van der Waals surface area contributed by atoms with Crippen molar-refractivity contribution in [3.05, 3.63) is 84.1 Å². The summed E-state index contributed by atoms with van der Waals surface area (Å²) in [6.07, 6.45) is -1.49. The fourth-order valence-electron chi connectivity index (χ4n) is 3.57. The number of carbonyl (C=O) groups is 2. The summed E-state index contributed by atoms with van der Waals surface area (Å²) in [5.74, 6) is -1.49. The number of aryl methyl sites for hydroxylation is 1. The zero-order valence-corrected chi connectivity index (χ0v) is 19.3. The van der Waals surface area contributed by atoms with Crippen molar-refractivity contribution in [2.45, 2.75) is 19.6 Å². The maximum absolute atomic E-state index is 15.6. The number of urea groups is 1. The third-order valence-corrected chi connectivity index (χ3v) is 5.38. The average Bonchev–Trinajstić information content (AvgIpc) is 3.29. The Morgan fingerprint density at radius 3 is 2.41 bits per heavy atom. The largest absolute Gasteiger partial charge is 0.416 e. The molecule has 4 N–H and O–H groups in total. The fraction of sp³-hybridized carbons (Fsp3) is 0.120. The number of benzene rings is 2. The number of nitrogens with two attached hydrogens (primary N) is 1. The second-order valence-corrected chi connectivity index (χ2v) is 7.86. The predicted octanol–water partition coefficient (Wildman–Crippen LogP) is 5.53. The van der Waals surface area contributed by atoms with Gasteiger partial charge in [0.1, 0.15) is 11.4 Å². The Balaban J connectivity index is 1.62. The third kappa shape index (κ3) is 5.58. The number of anilines is 2. The molecular formula is C25H20F4N6O2. The highest BCUT2D eigenvalue weighted by molar-refractivity contribution is 6.00. The van der Waals surface area contributed by atoms with Crippen LogP contribution in [-0.2, 0) is 12.7 Å². The Morgan fingerprint density at radius 2 is 1.76 bits per heavy atom. The summed E-state index contributed by atoms with van der Waals surface area (Å²) in [5, 5.41) is 9.22. The van der Waals surface area contributed by atoms with E-state index in [4.69, 9.17) is 5.73 Å². The van der Waals surface area contributed by atoms with Crippen LogP contribution in [0.2, 0.25) is 0 Å². The number of rotatable bonds is 6. The first-order chi connectivity index (χ1) is 17.6. The molecule has 0 aliphatic heterocycles. The summed E-state index contributed by atoms with van der Waals surface area (Å²) in [7, 11) is 0. The van der Waals surface area contributed by atoms with Gasteiger partial charge in [0.05, 0.1) is 11.3 Å². The molecule has 190 valence electrons. The zero-order valence-electron chi connectivity index (χ0n) is 19.3. The van der Waals surface area contributed by atoms with Gasteiger partial charge in [0, 0.05) is 41.3 Å². The SMILES string of the molecule is CCn1cc(-c2cccc(NC(=O)Nc3ccc(C(F)(F)F)cc3)c2F)c(-c2ccnc(C(N)=O)c2)n1. The van der Waals surface area contributed by atoms with Gasteiger partial charge in [-0.25, -0.2) is 9.18 Å². The van der Waals surface area contributed by atoms with Gasteiger partial charge in [-0.2, -0.15) is 18.3 Å². The van der Waals surface area contributed by atoms with Gasteiger partial charge in [-0.3, -0.25) is 14.5 Å². The van der Waals surface area contributed by atoms with Crippen molar-refractivity contribution in [2.24, 2.45) is 5.73 Å². The number of primary amides is 1. The predicted molar refractivity (Wildman–Crippen MR) is 129 cm³/mol. The lowest BCUT2D eigenvalue weighted by molar-refractivity contribution is -0.137. The van der Waals surface area contributed by atoms with Crippen LogP contribution < -0.4 is 16.4 Å². The summed E-state index contributed by atoms with van der Waals surface area (Å²) in [5.41, 5.74) is 5.80. The topological polar surface area (TPSA) is 115 Å². The van der Waals surface area contributed by atoms with E-state index in [0.717, 1.165) is 24.3 Å². The fourth-order valence-corrected chi connectivity index (χ4v) is 3.57. The maximum atomic E-state index is 15.6. The maximum Gasteiger partial charge on any atom is 0.416 e. The smallest absolute Gasteiger partial charge is 0.364 e. The summed E-state index contributed by atoms with van der Waals surface area (Å²) in [4.78, 5) is 27.9. The number of alkyl halides is 3. The quantitative estimate of drug-likeness (QED) is 0.295. The molecular weight excluding hydrogens is 492 g/mol. The van der Waals surface area contributed by atoms with Gasteiger partial charge >= 0.3 is 12.2 Å². The van der Waals surface area contributed by atoms with E-state index < -0.39 is 29.5 Å². The van der Waals surface area contributed by atoms with E-state index in [9.17, 15) is 22.8 Å². The van der Waals surface area contributed by atoms with Crippen LogP contribution in [0.3, 0.4) is 0 Å². The molecule has 12 heteroatoms. The highest BCUT2D eigenvalue weighted by Crippen LogP contribution is 2.35. The Kier molecular flexibility index (Phi) is 6.92. The minimum Gasteiger partial charge on any atom is -0.364 e. The molecule has 0 aliphatic rings. The van der Waals surface area contributed by atoms with Gasteiger partial charge in [0.25, 0.3) is 5.91 Å². The minimum atomic E-state index is -4.51. The molecule has 37 heavy (non-hydrogen) atoms. The van der Waals surface area contributed by atoms with Crippen molar-refractivity contribution >= 4 is 23.3 Å². The average molecular weight is 512 g/mol. The third-order valence-electron chi connectivity index (χ3n) is 5.38. The number of pyridine rings is 1. The molecule has 0 radical (unpaired) electrons. The number of aromatic nitrogens is 3. The first kappa shape index (κ1) is 25.4. The lowest BCUT2D eigenvalue weighted by Gasteiger charge is -2.12. The number of hydrogen-bond acceptors (Lipinski definition) is 4. The van der Waals surface area contributed by atoms with E-state index in [0.29, 0.717) is 23.4 Å². The van der Waals surface area contributed by atoms with Crippen LogP contribution in [-0.4, -0.2) is 26.7 Å². The molecule has 4 aromatic rings. The Bertz CT molecular complexity index is 1470. The van der Waals surface area contributed by atoms with E-state index >= 15 is 4.39 Å². The van der Waals surface area contributed by atoms with Gasteiger partial charge in [-0.15, -0.1) is 0 Å². The van der Waals surface area contributed by atoms with Gasteiger partial charge < -0.3 is 16.4 Å². The van der Waals surface area contributed by atoms with Crippen molar-refractivity contribution in [3.8, 4) is 22.4 Å². The Labute approximate surface area is 208 Å². The van der Waals surface area contributed by atoms with Crippen molar-refractivity contribution in [3.63, 3.8) is 0 Å². The Hall–Kier alpha value is -4.74. The van der Waals surface area contributed by atoms with Crippen LogP contribution in [0.1, 0.15) is 23.0 Å². The van der Waals surface area contributed by atoms with Crippen LogP contribution in [0.5, 0.6) is 0 Å². The first-order valence-electron chi connectivity index (χ1n) is 10.9. The zero-order chi connectivity index (χ0) is 26.7. The highest BCUT2D eigenvalue weighted by atomic mass is 19.4. The molecule has 0 aliphatic carbocycles. The lowest BCUT2D eigenvalue weighted by Crippen LogP contribution is -2.20. The summed E-state index contributed by atoms with van der Waals surface area (Å²) in [6.45, 7) is 2.33. The van der Waals surface area contributed by atoms with Crippen LogP contribution in [0.4, 0.5) is 33.7 Å². The molecule has 4 rings (SSSR count). The monoisotopic (exact) mass is 512 g/mol. The standard InChI is InChI=1S/C25H20F4N6O2/c1-2-35-13-18(22(34-35)14-10-11-31-20(12-14)23(30)36)17-4-3-5-19(21(17)26)33-24(37)32-16-8-6-15(7-9-16)25(27,28)29/h3-13H,2H2,1H3,(H2,30,36)(H2,32,33,37). The van der Waals surface area contributed by atoms with E-state index in [1.165, 1.54) is 30.5 Å². The summed E-state index contributed by atoms with van der Waals surface area (Å²) >= 11 is 0. The Morgan fingerprint density at radius 1 is 1.03 bits per heavy atom. The van der Waals surface area contributed by atoms with Crippen molar-refractivity contribution in [1.29, 1.82) is 0 Å². The van der Waals surface area contributed by atoms with Crippen LogP contribution in [0.15, 0.2) is 67.0 Å². The molecule has 0 fully saturated rings. The van der Waals surface area contributed by atoms with Crippen molar-refractivity contribution in [2.75, 3.05) is 10.6 Å². The minimum absolute atomic E-state index is 0.0188. The van der Waals surface area contributed by atoms with Crippen LogP contribution >= 0.6 is 0 Å². The molecule has 2 aromatic carbocycles. The molecule has 0 unspecified atom stereocenters. The number of halogens is 4. The number of amides is 3. The summed E-state index contributed by atoms with van der Waals surface area (Å²) < 4.78 is 55.4. The van der Waals surface area contributed by atoms with Gasteiger partial charge in [0.2, 0.25) is 0 Å². The number of nitrogens with one attached hydrogen (secondary N) is 2. The van der Waals surface area contributed by atoms with Crippen LogP contribution in [0, 0.1) is 5.82 Å². The molecule has 3 amide bonds. The molecule has 8 nitrogen and oxygen atoms in total. The van der Waals surface area contributed by atoms with E-state index in [1.807, 2.05) is 6.92 Å². The second kappa shape index (κ2) is 10.1. The summed E-state index contributed by atoms with van der Waals surface area (Å²) in [6, 6.07) is 10.4. The number of carbonyl (C=O) groups excluding carboxylic acids is 2. The van der Waals surface area contributed by atoms with Gasteiger partial charge in [-0.1, -0.05) is 12.1 Å². The highest BCUT2D eigenvalue weighted by Gasteiger charge is 2.30. The molecule has 2 aromatic heterocycles. The van der Waals surface area contributed by atoms with Crippen LogP contribution in [0.25, 0.3) is 22.4 Å². The number of hydrogen-bond donors (Lipinski definition) is 3. The van der Waals surface area contributed by atoms with Crippen molar-refractivity contribution in [1.82, 2.24) is 14.8 Å². The van der Waals surface area contributed by atoms with Gasteiger partial charge in [0.15, 0.2) is 5.82 Å². The van der Waals surface area contributed by atoms with E-state index in [2.05, 4.69) is 20.7 Å². The molecule has 0 atom stereocenters. The normalized spacial score (nSPS) is 11.3. The molecule has 0 saturated heterocycles. The lowest BCUT2D eigenvalue weighted by atomic mass is 10.0. The van der Waals surface area contributed by atoms with E-state index in [-0.39, 0.29) is 22.6 Å². The molecule has 0 spiro atoms. The number of nitrogens with zero attached hydrogens (tertiary/aromatic N) is 3. The first-order valence-corrected chi connectivity index (χ1v) is 10.9. The van der Waals surface area contributed by atoms with Crippen molar-refractivity contribution < 1.29 is 27.2 Å². The van der Waals surface area contributed by atoms with Gasteiger partial charge in [-0.05, 0) is 49.4 Å².